The molecule has 0 fully saturated rings. The lowest BCUT2D eigenvalue weighted by atomic mass is 10.0. The lowest BCUT2D eigenvalue weighted by molar-refractivity contribution is 0.626. The Morgan fingerprint density at radius 2 is 1.29 bits per heavy atom. The Morgan fingerprint density at radius 3 is 1.76 bits per heavy atom. The van der Waals surface area contributed by atoms with E-state index in [-0.39, 0.29) is 25.1 Å². The zero-order chi connectivity index (χ0) is 15.9. The molecule has 0 saturated heterocycles. The Balaban J connectivity index is 2.90. The fraction of sp³-hybridized carbons (Fsp3) is 0.143. The fourth-order valence-corrected chi connectivity index (χ4v) is 3.35. The normalized spacial score (nSPS) is 10.9. The van der Waals surface area contributed by atoms with Gasteiger partial charge in [0.25, 0.3) is 0 Å². The van der Waals surface area contributed by atoms with E-state index in [4.69, 9.17) is 58.0 Å². The van der Waals surface area contributed by atoms with Crippen LogP contribution in [-0.2, 0) is 0 Å². The highest BCUT2D eigenvalue weighted by molar-refractivity contribution is 6.56. The summed E-state index contributed by atoms with van der Waals surface area (Å²) >= 11 is 30.6. The third-order valence-electron chi connectivity index (χ3n) is 2.91. The molecule has 0 spiro atoms. The standard InChI is InChI=1S/C14H9Cl5FN/c1-21(2)14-6(4-3-5-7(14)20)8-9(15)11(17)13(19)12(18)10(8)16/h3-5H,1-2H3. The summed E-state index contributed by atoms with van der Waals surface area (Å²) in [5, 5.41) is 0.489. The van der Waals surface area contributed by atoms with Crippen molar-refractivity contribution in [2.24, 2.45) is 0 Å². The fourth-order valence-electron chi connectivity index (χ4n) is 2.01. The summed E-state index contributed by atoms with van der Waals surface area (Å²) in [6, 6.07) is 4.59. The number of rotatable bonds is 2. The number of halogens is 6. The highest BCUT2D eigenvalue weighted by Gasteiger charge is 2.23. The average molecular weight is 387 g/mol. The van der Waals surface area contributed by atoms with Crippen LogP contribution in [0.3, 0.4) is 0 Å². The van der Waals surface area contributed by atoms with Gasteiger partial charge < -0.3 is 4.90 Å². The van der Waals surface area contributed by atoms with E-state index >= 15 is 0 Å². The van der Waals surface area contributed by atoms with Crippen LogP contribution in [-0.4, -0.2) is 14.1 Å². The van der Waals surface area contributed by atoms with E-state index in [1.165, 1.54) is 6.07 Å². The summed E-state index contributed by atoms with van der Waals surface area (Å²) in [4.78, 5) is 1.62. The quantitative estimate of drug-likeness (QED) is 0.403. The average Bonchev–Trinajstić information content (AvgIpc) is 2.43. The lowest BCUT2D eigenvalue weighted by Gasteiger charge is -2.21. The van der Waals surface area contributed by atoms with Crippen LogP contribution in [0.25, 0.3) is 11.1 Å². The van der Waals surface area contributed by atoms with Gasteiger partial charge in [-0.25, -0.2) is 4.39 Å². The van der Waals surface area contributed by atoms with E-state index in [1.54, 1.807) is 31.1 Å². The van der Waals surface area contributed by atoms with Crippen LogP contribution in [0.4, 0.5) is 10.1 Å². The van der Waals surface area contributed by atoms with E-state index in [2.05, 4.69) is 0 Å². The molecule has 0 saturated carbocycles. The molecular formula is C14H9Cl5FN. The van der Waals surface area contributed by atoms with Crippen LogP contribution in [0, 0.1) is 5.82 Å². The van der Waals surface area contributed by atoms with Gasteiger partial charge in [-0.3, -0.25) is 0 Å². The second kappa shape index (κ2) is 6.39. The summed E-state index contributed by atoms with van der Waals surface area (Å²) < 4.78 is 14.1. The Morgan fingerprint density at radius 1 is 0.810 bits per heavy atom. The number of hydrogen-bond donors (Lipinski definition) is 0. The summed E-state index contributed by atoms with van der Waals surface area (Å²) in [5.74, 6) is -0.410. The Bertz CT molecular complexity index is 686. The number of benzene rings is 2. The van der Waals surface area contributed by atoms with Gasteiger partial charge in [-0.1, -0.05) is 70.1 Å². The smallest absolute Gasteiger partial charge is 0.147 e. The minimum absolute atomic E-state index is 0.0693. The predicted molar refractivity (Wildman–Crippen MR) is 91.2 cm³/mol. The lowest BCUT2D eigenvalue weighted by Crippen LogP contribution is -2.12. The Kier molecular flexibility index (Phi) is 5.17. The van der Waals surface area contributed by atoms with Gasteiger partial charge in [0.1, 0.15) is 5.82 Å². The first-order valence-corrected chi connectivity index (χ1v) is 7.64. The summed E-state index contributed by atoms with van der Waals surface area (Å²) in [7, 11) is 3.42. The molecule has 0 aliphatic heterocycles. The maximum atomic E-state index is 14.1. The van der Waals surface area contributed by atoms with Crippen molar-refractivity contribution < 1.29 is 4.39 Å². The number of hydrogen-bond acceptors (Lipinski definition) is 1. The maximum absolute atomic E-state index is 14.1. The maximum Gasteiger partial charge on any atom is 0.147 e. The zero-order valence-electron chi connectivity index (χ0n) is 10.9. The minimum atomic E-state index is -0.410. The molecular weight excluding hydrogens is 378 g/mol. The van der Waals surface area contributed by atoms with Crippen LogP contribution in [0.2, 0.25) is 25.1 Å². The van der Waals surface area contributed by atoms with Gasteiger partial charge in [0.15, 0.2) is 0 Å². The van der Waals surface area contributed by atoms with Crippen LogP contribution >= 0.6 is 58.0 Å². The molecule has 0 aliphatic rings. The molecule has 2 aromatic rings. The Hall–Kier alpha value is -0.380. The molecule has 0 amide bonds. The molecule has 0 aromatic heterocycles. The van der Waals surface area contributed by atoms with Crippen molar-refractivity contribution in [2.75, 3.05) is 19.0 Å². The predicted octanol–water partition coefficient (Wildman–Crippen LogP) is 6.83. The molecule has 21 heavy (non-hydrogen) atoms. The van der Waals surface area contributed by atoms with Crippen LogP contribution in [0.1, 0.15) is 0 Å². The first kappa shape index (κ1) is 17.0. The largest absolute Gasteiger partial charge is 0.375 e. The molecule has 0 radical (unpaired) electrons. The summed E-state index contributed by atoms with van der Waals surface area (Å²) in [5.41, 5.74) is 1.16. The molecule has 1 nitrogen and oxygen atoms in total. The van der Waals surface area contributed by atoms with E-state index < -0.39 is 5.82 Å². The van der Waals surface area contributed by atoms with E-state index in [0.29, 0.717) is 16.8 Å². The van der Waals surface area contributed by atoms with Gasteiger partial charge in [0.05, 0.1) is 30.8 Å². The van der Waals surface area contributed by atoms with Crippen molar-refractivity contribution in [3.8, 4) is 11.1 Å². The molecule has 0 heterocycles. The SMILES string of the molecule is CN(C)c1c(F)cccc1-c1c(Cl)c(Cl)c(Cl)c(Cl)c1Cl. The molecule has 0 N–H and O–H groups in total. The van der Waals surface area contributed by atoms with Gasteiger partial charge in [-0.15, -0.1) is 0 Å². The first-order valence-electron chi connectivity index (χ1n) is 5.75. The molecule has 0 unspecified atom stereocenters. The van der Waals surface area contributed by atoms with E-state index in [0.717, 1.165) is 0 Å². The number of anilines is 1. The second-order valence-electron chi connectivity index (χ2n) is 4.48. The minimum Gasteiger partial charge on any atom is -0.375 e. The summed E-state index contributed by atoms with van der Waals surface area (Å²) in [6.07, 6.45) is 0. The van der Waals surface area contributed by atoms with Crippen molar-refractivity contribution in [1.29, 1.82) is 0 Å². The topological polar surface area (TPSA) is 3.24 Å². The van der Waals surface area contributed by atoms with Crippen LogP contribution in [0.15, 0.2) is 18.2 Å². The van der Waals surface area contributed by atoms with Gasteiger partial charge >= 0.3 is 0 Å². The van der Waals surface area contributed by atoms with E-state index in [9.17, 15) is 4.39 Å². The zero-order valence-corrected chi connectivity index (χ0v) is 14.7. The Labute approximate surface area is 147 Å². The number of nitrogens with zero attached hydrogens (tertiary/aromatic N) is 1. The van der Waals surface area contributed by atoms with Crippen LogP contribution < -0.4 is 4.90 Å². The van der Waals surface area contributed by atoms with Crippen molar-refractivity contribution in [1.82, 2.24) is 0 Å². The molecule has 112 valence electrons. The van der Waals surface area contributed by atoms with Crippen molar-refractivity contribution >= 4 is 63.7 Å². The first-order chi connectivity index (χ1) is 9.77. The third-order valence-corrected chi connectivity index (χ3v) is 5.19. The highest BCUT2D eigenvalue weighted by atomic mass is 35.5. The summed E-state index contributed by atoms with van der Waals surface area (Å²) in [6.45, 7) is 0. The van der Waals surface area contributed by atoms with Crippen molar-refractivity contribution in [2.45, 2.75) is 0 Å². The van der Waals surface area contributed by atoms with Crippen molar-refractivity contribution in [3.63, 3.8) is 0 Å². The van der Waals surface area contributed by atoms with E-state index in [1.807, 2.05) is 0 Å². The van der Waals surface area contributed by atoms with Gasteiger partial charge in [0, 0.05) is 25.2 Å². The van der Waals surface area contributed by atoms with Crippen LogP contribution in [0.5, 0.6) is 0 Å². The molecule has 0 atom stereocenters. The van der Waals surface area contributed by atoms with Gasteiger partial charge in [-0.05, 0) is 6.07 Å². The number of para-hydroxylation sites is 1. The monoisotopic (exact) mass is 385 g/mol. The molecule has 7 heteroatoms. The van der Waals surface area contributed by atoms with Crippen molar-refractivity contribution in [3.05, 3.63) is 49.1 Å². The highest BCUT2D eigenvalue weighted by Crippen LogP contribution is 2.50. The molecule has 2 rings (SSSR count). The third kappa shape index (κ3) is 2.93. The molecule has 0 bridgehead atoms. The second-order valence-corrected chi connectivity index (χ2v) is 6.37. The molecule has 2 aromatic carbocycles. The van der Waals surface area contributed by atoms with Gasteiger partial charge in [0.2, 0.25) is 0 Å². The molecule has 0 aliphatic carbocycles. The van der Waals surface area contributed by atoms with Gasteiger partial charge in [-0.2, -0.15) is 0 Å².